The molecule has 6 heteroatoms. The summed E-state index contributed by atoms with van der Waals surface area (Å²) in [4.78, 5) is 26.0. The van der Waals surface area contributed by atoms with Gasteiger partial charge in [0.15, 0.2) is 0 Å². The molecule has 3 rings (SSSR count). The maximum absolute atomic E-state index is 13.1. The molecule has 0 atom stereocenters. The highest BCUT2D eigenvalue weighted by Crippen LogP contribution is 2.14. The summed E-state index contributed by atoms with van der Waals surface area (Å²) in [5.41, 5.74) is 1.34. The molecule has 0 unspecified atom stereocenters. The number of nitrogens with zero attached hydrogens (tertiary/aromatic N) is 1. The van der Waals surface area contributed by atoms with E-state index in [4.69, 9.17) is 0 Å². The van der Waals surface area contributed by atoms with Gasteiger partial charge < -0.3 is 10.2 Å². The van der Waals surface area contributed by atoms with Gasteiger partial charge in [0.25, 0.3) is 5.91 Å². The van der Waals surface area contributed by atoms with Crippen LogP contribution in [0.25, 0.3) is 6.08 Å². The van der Waals surface area contributed by atoms with Crippen LogP contribution in [0.5, 0.6) is 0 Å². The summed E-state index contributed by atoms with van der Waals surface area (Å²) in [7, 11) is 0. The maximum Gasteiger partial charge on any atom is 0.252 e. The van der Waals surface area contributed by atoms with E-state index in [1.54, 1.807) is 29.2 Å². The molecule has 2 heterocycles. The number of nitrogens with one attached hydrogen (secondary N) is 1. The molecule has 130 valence electrons. The van der Waals surface area contributed by atoms with Crippen molar-refractivity contribution in [2.24, 2.45) is 0 Å². The summed E-state index contributed by atoms with van der Waals surface area (Å²) < 4.78 is 13.1. The predicted octanol–water partition coefficient (Wildman–Crippen LogP) is 3.32. The Morgan fingerprint density at radius 2 is 2.04 bits per heavy atom. The number of thiophene rings is 1. The van der Waals surface area contributed by atoms with Gasteiger partial charge in [0.1, 0.15) is 5.82 Å². The Kier molecular flexibility index (Phi) is 5.60. The number of benzene rings is 1. The number of hydrogen-bond acceptors (Lipinski definition) is 3. The van der Waals surface area contributed by atoms with Gasteiger partial charge in [0, 0.05) is 36.2 Å². The SMILES string of the molecule is O=C(NC1CCN(C(=O)/C=C/c2cccc(F)c2)CC1)c1ccsc1. The van der Waals surface area contributed by atoms with Crippen LogP contribution < -0.4 is 5.32 Å². The maximum atomic E-state index is 13.1. The second kappa shape index (κ2) is 8.07. The molecule has 0 bridgehead atoms. The summed E-state index contributed by atoms with van der Waals surface area (Å²) in [6.45, 7) is 1.20. The second-order valence-corrected chi connectivity index (χ2v) is 6.75. The van der Waals surface area contributed by atoms with Crippen LogP contribution >= 0.6 is 11.3 Å². The Labute approximate surface area is 150 Å². The Morgan fingerprint density at radius 1 is 1.24 bits per heavy atom. The first kappa shape index (κ1) is 17.4. The van der Waals surface area contributed by atoms with Gasteiger partial charge in [-0.25, -0.2) is 4.39 Å². The lowest BCUT2D eigenvalue weighted by molar-refractivity contribution is -0.126. The quantitative estimate of drug-likeness (QED) is 0.853. The molecule has 1 N–H and O–H groups in total. The fraction of sp³-hybridized carbons (Fsp3) is 0.263. The fourth-order valence-electron chi connectivity index (χ4n) is 2.79. The highest BCUT2D eigenvalue weighted by Gasteiger charge is 2.23. The predicted molar refractivity (Wildman–Crippen MR) is 96.8 cm³/mol. The topological polar surface area (TPSA) is 49.4 Å². The van der Waals surface area contributed by atoms with Gasteiger partial charge in [0.2, 0.25) is 5.91 Å². The van der Waals surface area contributed by atoms with Crippen LogP contribution in [0.3, 0.4) is 0 Å². The first-order valence-electron chi connectivity index (χ1n) is 8.17. The lowest BCUT2D eigenvalue weighted by atomic mass is 10.0. The molecule has 0 radical (unpaired) electrons. The molecule has 2 aromatic rings. The molecule has 0 aliphatic carbocycles. The van der Waals surface area contributed by atoms with Gasteiger partial charge in [0.05, 0.1) is 0 Å². The molecule has 1 saturated heterocycles. The van der Waals surface area contributed by atoms with Crippen LogP contribution in [0.4, 0.5) is 4.39 Å². The van der Waals surface area contributed by atoms with Crippen LogP contribution in [0.15, 0.2) is 47.2 Å². The fourth-order valence-corrected chi connectivity index (χ4v) is 3.43. The summed E-state index contributed by atoms with van der Waals surface area (Å²) >= 11 is 1.49. The van der Waals surface area contributed by atoms with Gasteiger partial charge >= 0.3 is 0 Å². The van der Waals surface area contributed by atoms with Gasteiger partial charge in [-0.3, -0.25) is 9.59 Å². The van der Waals surface area contributed by atoms with E-state index < -0.39 is 0 Å². The average Bonchev–Trinajstić information content (AvgIpc) is 3.15. The van der Waals surface area contributed by atoms with Crippen LogP contribution in [-0.2, 0) is 4.79 Å². The van der Waals surface area contributed by atoms with E-state index in [1.165, 1.54) is 29.5 Å². The van der Waals surface area contributed by atoms with Crippen molar-refractivity contribution < 1.29 is 14.0 Å². The molecule has 2 amide bonds. The van der Waals surface area contributed by atoms with E-state index in [0.29, 0.717) is 24.2 Å². The molecule has 4 nitrogen and oxygen atoms in total. The van der Waals surface area contributed by atoms with E-state index in [9.17, 15) is 14.0 Å². The number of likely N-dealkylation sites (tertiary alicyclic amines) is 1. The zero-order valence-electron chi connectivity index (χ0n) is 13.7. The largest absolute Gasteiger partial charge is 0.349 e. The van der Waals surface area contributed by atoms with Crippen LogP contribution in [-0.4, -0.2) is 35.8 Å². The molecular formula is C19H19FN2O2S. The molecule has 1 aromatic carbocycles. The van der Waals surface area contributed by atoms with Crippen molar-refractivity contribution >= 4 is 29.2 Å². The van der Waals surface area contributed by atoms with Gasteiger partial charge in [-0.2, -0.15) is 11.3 Å². The molecule has 1 aromatic heterocycles. The van der Waals surface area contributed by atoms with E-state index in [-0.39, 0.29) is 23.7 Å². The molecule has 1 fully saturated rings. The van der Waals surface area contributed by atoms with Crippen LogP contribution in [0, 0.1) is 5.82 Å². The zero-order chi connectivity index (χ0) is 17.6. The minimum absolute atomic E-state index is 0.0583. The molecule has 25 heavy (non-hydrogen) atoms. The van der Waals surface area contributed by atoms with Gasteiger partial charge in [-0.15, -0.1) is 0 Å². The number of piperidine rings is 1. The highest BCUT2D eigenvalue weighted by molar-refractivity contribution is 7.08. The highest BCUT2D eigenvalue weighted by atomic mass is 32.1. The van der Waals surface area contributed by atoms with E-state index >= 15 is 0 Å². The third kappa shape index (κ3) is 4.76. The van der Waals surface area contributed by atoms with Crippen molar-refractivity contribution in [3.8, 4) is 0 Å². The van der Waals surface area contributed by atoms with Crippen molar-refractivity contribution in [1.29, 1.82) is 0 Å². The summed E-state index contributed by atoms with van der Waals surface area (Å²) in [5, 5.41) is 6.72. The number of rotatable bonds is 4. The van der Waals surface area contributed by atoms with E-state index in [1.807, 2.05) is 10.8 Å². The zero-order valence-corrected chi connectivity index (χ0v) is 14.5. The molecule has 1 aliphatic heterocycles. The average molecular weight is 358 g/mol. The van der Waals surface area contributed by atoms with Gasteiger partial charge in [-0.1, -0.05) is 12.1 Å². The standard InChI is InChI=1S/C19H19FN2O2S/c20-16-3-1-2-14(12-16)4-5-18(23)22-9-6-17(7-10-22)21-19(24)15-8-11-25-13-15/h1-5,8,11-13,17H,6-7,9-10H2,(H,21,24)/b5-4+. The van der Waals surface area contributed by atoms with Crippen LogP contribution in [0.1, 0.15) is 28.8 Å². The lowest BCUT2D eigenvalue weighted by Gasteiger charge is -2.31. The van der Waals surface area contributed by atoms with Crippen molar-refractivity contribution in [3.63, 3.8) is 0 Å². The third-order valence-electron chi connectivity index (χ3n) is 4.19. The van der Waals surface area contributed by atoms with E-state index in [2.05, 4.69) is 5.32 Å². The molecule has 0 spiro atoms. The summed E-state index contributed by atoms with van der Waals surface area (Å²) in [6, 6.07) is 8.00. The number of hydrogen-bond donors (Lipinski definition) is 1. The molecule has 0 saturated carbocycles. The number of carbonyl (C=O) groups excluding carboxylic acids is 2. The van der Waals surface area contributed by atoms with Crippen molar-refractivity contribution in [2.45, 2.75) is 18.9 Å². The lowest BCUT2D eigenvalue weighted by Crippen LogP contribution is -2.46. The number of amides is 2. The first-order chi connectivity index (χ1) is 12.1. The van der Waals surface area contributed by atoms with Crippen molar-refractivity contribution in [3.05, 3.63) is 64.1 Å². The third-order valence-corrected chi connectivity index (χ3v) is 4.88. The number of carbonyl (C=O) groups is 2. The molecular weight excluding hydrogens is 339 g/mol. The summed E-state index contributed by atoms with van der Waals surface area (Å²) in [5.74, 6) is -0.472. The monoisotopic (exact) mass is 358 g/mol. The van der Waals surface area contributed by atoms with Crippen molar-refractivity contribution in [2.75, 3.05) is 13.1 Å². The Bertz CT molecular complexity index is 765. The Morgan fingerprint density at radius 3 is 2.72 bits per heavy atom. The Hall–Kier alpha value is -2.47. The first-order valence-corrected chi connectivity index (χ1v) is 9.12. The minimum atomic E-state index is -0.322. The minimum Gasteiger partial charge on any atom is -0.349 e. The number of halogens is 1. The Balaban J connectivity index is 1.48. The summed E-state index contributed by atoms with van der Waals surface area (Å²) in [6.07, 6.45) is 4.56. The van der Waals surface area contributed by atoms with Crippen LogP contribution in [0.2, 0.25) is 0 Å². The van der Waals surface area contributed by atoms with Crippen molar-refractivity contribution in [1.82, 2.24) is 10.2 Å². The molecule has 1 aliphatic rings. The van der Waals surface area contributed by atoms with Gasteiger partial charge in [-0.05, 0) is 48.1 Å². The smallest absolute Gasteiger partial charge is 0.252 e. The second-order valence-electron chi connectivity index (χ2n) is 5.97. The van der Waals surface area contributed by atoms with E-state index in [0.717, 1.165) is 12.8 Å². The normalized spacial score (nSPS) is 15.5.